The van der Waals surface area contributed by atoms with Gasteiger partial charge in [-0.15, -0.1) is 0 Å². The van der Waals surface area contributed by atoms with E-state index < -0.39 is 0 Å². The highest BCUT2D eigenvalue weighted by atomic mass is 16.3. The third-order valence-corrected chi connectivity index (χ3v) is 2.80. The van der Waals surface area contributed by atoms with E-state index in [4.69, 9.17) is 0 Å². The fourth-order valence-electron chi connectivity index (χ4n) is 1.91. The molecule has 1 aromatic rings. The first-order valence-corrected chi connectivity index (χ1v) is 5.88. The van der Waals surface area contributed by atoms with Crippen molar-refractivity contribution >= 4 is 0 Å². The molecule has 1 aromatic heterocycles. The minimum atomic E-state index is -0.376. The van der Waals surface area contributed by atoms with E-state index in [-0.39, 0.29) is 6.10 Å². The molecule has 1 heterocycles. The van der Waals surface area contributed by atoms with Crippen molar-refractivity contribution < 1.29 is 5.11 Å². The first kappa shape index (κ1) is 12.2. The second-order valence-corrected chi connectivity index (χ2v) is 4.22. The first-order valence-electron chi connectivity index (χ1n) is 5.88. The zero-order valence-electron chi connectivity index (χ0n) is 9.98. The summed E-state index contributed by atoms with van der Waals surface area (Å²) in [7, 11) is 0. The maximum absolute atomic E-state index is 10.2. The maximum atomic E-state index is 10.2. The Morgan fingerprint density at radius 2 is 2.13 bits per heavy atom. The van der Waals surface area contributed by atoms with Crippen LogP contribution in [-0.2, 0) is 6.54 Å². The molecule has 0 fully saturated rings. The van der Waals surface area contributed by atoms with Crippen LogP contribution in [0.3, 0.4) is 0 Å². The van der Waals surface area contributed by atoms with Gasteiger partial charge in [0.05, 0.1) is 24.3 Å². The summed E-state index contributed by atoms with van der Waals surface area (Å²) in [6.45, 7) is 7.31. The molecule has 1 rings (SSSR count). The Balaban J connectivity index is 2.71. The quantitative estimate of drug-likeness (QED) is 0.784. The molecule has 0 aliphatic heterocycles. The average Bonchev–Trinajstić information content (AvgIpc) is 2.66. The normalized spacial score (nSPS) is 15.2. The molecule has 3 heteroatoms. The van der Waals surface area contributed by atoms with Gasteiger partial charge < -0.3 is 9.67 Å². The van der Waals surface area contributed by atoms with Crippen molar-refractivity contribution in [2.75, 3.05) is 0 Å². The lowest BCUT2D eigenvalue weighted by Gasteiger charge is -2.19. The van der Waals surface area contributed by atoms with Crippen LogP contribution < -0.4 is 0 Å². The van der Waals surface area contributed by atoms with Crippen LogP contribution in [0.2, 0.25) is 0 Å². The third-order valence-electron chi connectivity index (χ3n) is 2.80. The van der Waals surface area contributed by atoms with Crippen molar-refractivity contribution in [1.29, 1.82) is 0 Å². The van der Waals surface area contributed by atoms with Crippen LogP contribution in [0.25, 0.3) is 0 Å². The molecule has 0 aromatic carbocycles. The molecule has 2 atom stereocenters. The zero-order chi connectivity index (χ0) is 11.3. The summed E-state index contributed by atoms with van der Waals surface area (Å²) in [6, 6.07) is 0. The molecule has 0 bridgehead atoms. The smallest absolute Gasteiger partial charge is 0.0981 e. The van der Waals surface area contributed by atoms with E-state index in [0.717, 1.165) is 31.5 Å². The molecule has 0 aliphatic carbocycles. The fraction of sp³-hybridized carbons (Fsp3) is 0.750. The van der Waals surface area contributed by atoms with Crippen LogP contribution in [0.1, 0.15) is 51.8 Å². The number of aromatic nitrogens is 2. The third kappa shape index (κ3) is 3.06. The van der Waals surface area contributed by atoms with Gasteiger partial charge in [0.2, 0.25) is 0 Å². The standard InChI is InChI=1S/C12H22N2O/c1-4-6-10(3)12(15)11-8-13-9-14(11)7-5-2/h8-10,12,15H,4-7H2,1-3H3. The molecule has 0 amide bonds. The van der Waals surface area contributed by atoms with Crippen LogP contribution in [0, 0.1) is 5.92 Å². The number of nitrogens with zero attached hydrogens (tertiary/aromatic N) is 2. The van der Waals surface area contributed by atoms with Gasteiger partial charge in [0, 0.05) is 6.54 Å². The average molecular weight is 210 g/mol. The van der Waals surface area contributed by atoms with Gasteiger partial charge in [-0.1, -0.05) is 27.2 Å². The highest BCUT2D eigenvalue weighted by molar-refractivity contribution is 5.03. The van der Waals surface area contributed by atoms with E-state index in [1.54, 1.807) is 12.5 Å². The fourth-order valence-corrected chi connectivity index (χ4v) is 1.91. The van der Waals surface area contributed by atoms with E-state index in [9.17, 15) is 5.11 Å². The monoisotopic (exact) mass is 210 g/mol. The topological polar surface area (TPSA) is 38.1 Å². The summed E-state index contributed by atoms with van der Waals surface area (Å²) in [5.74, 6) is 0.308. The van der Waals surface area contributed by atoms with Gasteiger partial charge in [0.15, 0.2) is 0 Å². The first-order chi connectivity index (χ1) is 7.20. The van der Waals surface area contributed by atoms with E-state index >= 15 is 0 Å². The summed E-state index contributed by atoms with van der Waals surface area (Å²) in [4.78, 5) is 4.11. The molecular weight excluding hydrogens is 188 g/mol. The van der Waals surface area contributed by atoms with Crippen molar-refractivity contribution in [3.8, 4) is 0 Å². The zero-order valence-corrected chi connectivity index (χ0v) is 9.98. The SMILES string of the molecule is CCCC(C)C(O)c1cncn1CCC. The molecule has 0 radical (unpaired) electrons. The molecular formula is C12H22N2O. The summed E-state index contributed by atoms with van der Waals surface area (Å²) >= 11 is 0. The van der Waals surface area contributed by atoms with Crippen LogP contribution in [0.15, 0.2) is 12.5 Å². The van der Waals surface area contributed by atoms with Crippen LogP contribution in [-0.4, -0.2) is 14.7 Å². The van der Waals surface area contributed by atoms with Gasteiger partial charge in [-0.05, 0) is 18.8 Å². The number of hydrogen-bond acceptors (Lipinski definition) is 2. The van der Waals surface area contributed by atoms with Crippen molar-refractivity contribution in [3.05, 3.63) is 18.2 Å². The van der Waals surface area contributed by atoms with Gasteiger partial charge in [-0.2, -0.15) is 0 Å². The van der Waals surface area contributed by atoms with Gasteiger partial charge in [-0.25, -0.2) is 4.98 Å². The summed E-state index contributed by atoms with van der Waals surface area (Å²) in [5, 5.41) is 10.2. The van der Waals surface area contributed by atoms with Crippen molar-refractivity contribution in [3.63, 3.8) is 0 Å². The highest BCUT2D eigenvalue weighted by Gasteiger charge is 2.18. The van der Waals surface area contributed by atoms with Gasteiger partial charge in [0.1, 0.15) is 0 Å². The van der Waals surface area contributed by atoms with Crippen molar-refractivity contribution in [2.24, 2.45) is 5.92 Å². The number of hydrogen-bond donors (Lipinski definition) is 1. The molecule has 2 unspecified atom stereocenters. The molecule has 3 nitrogen and oxygen atoms in total. The minimum absolute atomic E-state index is 0.308. The van der Waals surface area contributed by atoms with E-state index in [1.807, 2.05) is 0 Å². The van der Waals surface area contributed by atoms with Gasteiger partial charge in [-0.3, -0.25) is 0 Å². The van der Waals surface area contributed by atoms with E-state index in [2.05, 4.69) is 30.3 Å². The highest BCUT2D eigenvalue weighted by Crippen LogP contribution is 2.25. The molecule has 0 spiro atoms. The number of aryl methyl sites for hydroxylation is 1. The molecule has 0 aliphatic rings. The molecule has 15 heavy (non-hydrogen) atoms. The maximum Gasteiger partial charge on any atom is 0.0981 e. The minimum Gasteiger partial charge on any atom is -0.387 e. The summed E-state index contributed by atoms with van der Waals surface area (Å²) in [6.07, 6.45) is 6.45. The Morgan fingerprint density at radius 1 is 1.40 bits per heavy atom. The second-order valence-electron chi connectivity index (χ2n) is 4.22. The summed E-state index contributed by atoms with van der Waals surface area (Å²) < 4.78 is 2.05. The van der Waals surface area contributed by atoms with Gasteiger partial charge in [0.25, 0.3) is 0 Å². The lowest BCUT2D eigenvalue weighted by molar-refractivity contribution is 0.104. The molecule has 0 saturated carbocycles. The van der Waals surface area contributed by atoms with Crippen LogP contribution in [0.5, 0.6) is 0 Å². The molecule has 86 valence electrons. The lowest BCUT2D eigenvalue weighted by Crippen LogP contribution is -2.13. The van der Waals surface area contributed by atoms with Crippen LogP contribution in [0.4, 0.5) is 0 Å². The number of aliphatic hydroxyl groups excluding tert-OH is 1. The predicted molar refractivity (Wildman–Crippen MR) is 61.5 cm³/mol. The predicted octanol–water partition coefficient (Wildman–Crippen LogP) is 2.76. The Morgan fingerprint density at radius 3 is 2.73 bits per heavy atom. The largest absolute Gasteiger partial charge is 0.387 e. The number of aliphatic hydroxyl groups is 1. The second kappa shape index (κ2) is 5.91. The Labute approximate surface area is 92.1 Å². The number of rotatable bonds is 6. The Kier molecular flexibility index (Phi) is 4.82. The van der Waals surface area contributed by atoms with Crippen molar-refractivity contribution in [2.45, 2.75) is 52.7 Å². The lowest BCUT2D eigenvalue weighted by atomic mass is 9.97. The van der Waals surface area contributed by atoms with Crippen LogP contribution >= 0.6 is 0 Å². The molecule has 0 saturated heterocycles. The number of imidazole rings is 1. The van der Waals surface area contributed by atoms with E-state index in [0.29, 0.717) is 5.92 Å². The Bertz CT molecular complexity index is 283. The van der Waals surface area contributed by atoms with Crippen molar-refractivity contribution in [1.82, 2.24) is 9.55 Å². The Hall–Kier alpha value is -0.830. The molecule has 1 N–H and O–H groups in total. The van der Waals surface area contributed by atoms with Gasteiger partial charge >= 0.3 is 0 Å². The summed E-state index contributed by atoms with van der Waals surface area (Å²) in [5.41, 5.74) is 0.956. The van der Waals surface area contributed by atoms with E-state index in [1.165, 1.54) is 0 Å².